The summed E-state index contributed by atoms with van der Waals surface area (Å²) in [6.07, 6.45) is 0. The standard InChI is InChI=1S/C9H3Cl2NO5/c10-3-1-2-4(11)8-5(3)7(13)6(12(15)16)9(14)17-8/h1-2,13H. The van der Waals surface area contributed by atoms with E-state index in [-0.39, 0.29) is 21.0 Å². The molecule has 0 radical (unpaired) electrons. The summed E-state index contributed by atoms with van der Waals surface area (Å²) in [4.78, 5) is 20.8. The number of nitro groups is 1. The maximum atomic E-state index is 11.3. The number of hydrogen-bond donors (Lipinski definition) is 1. The Morgan fingerprint density at radius 1 is 1.29 bits per heavy atom. The molecule has 17 heavy (non-hydrogen) atoms. The summed E-state index contributed by atoms with van der Waals surface area (Å²) < 4.78 is 4.67. The molecule has 1 heterocycles. The molecule has 1 N–H and O–H groups in total. The molecule has 0 aliphatic carbocycles. The predicted octanol–water partition coefficient (Wildman–Crippen LogP) is 2.71. The zero-order valence-corrected chi connectivity index (χ0v) is 9.45. The van der Waals surface area contributed by atoms with Gasteiger partial charge in [0.15, 0.2) is 5.58 Å². The Labute approximate surface area is 103 Å². The van der Waals surface area contributed by atoms with Gasteiger partial charge in [0.25, 0.3) is 0 Å². The summed E-state index contributed by atoms with van der Waals surface area (Å²) >= 11 is 11.5. The van der Waals surface area contributed by atoms with Crippen LogP contribution in [0.15, 0.2) is 21.3 Å². The SMILES string of the molecule is O=c1oc2c(Cl)ccc(Cl)c2c(O)c1[N+](=O)[O-]. The lowest BCUT2D eigenvalue weighted by atomic mass is 10.2. The van der Waals surface area contributed by atoms with Gasteiger partial charge in [-0.15, -0.1) is 0 Å². The lowest BCUT2D eigenvalue weighted by Gasteiger charge is -2.03. The van der Waals surface area contributed by atoms with E-state index >= 15 is 0 Å². The van der Waals surface area contributed by atoms with Gasteiger partial charge in [-0.1, -0.05) is 23.2 Å². The third-order valence-corrected chi connectivity index (χ3v) is 2.70. The molecule has 2 rings (SSSR count). The molecule has 0 aliphatic rings. The average molecular weight is 276 g/mol. The Morgan fingerprint density at radius 2 is 1.88 bits per heavy atom. The molecule has 0 fully saturated rings. The number of benzene rings is 1. The van der Waals surface area contributed by atoms with Gasteiger partial charge in [-0.25, -0.2) is 4.79 Å². The molecule has 2 aromatic rings. The fourth-order valence-electron chi connectivity index (χ4n) is 1.37. The molecule has 0 amide bonds. The fraction of sp³-hybridized carbons (Fsp3) is 0. The van der Waals surface area contributed by atoms with Crippen molar-refractivity contribution >= 4 is 39.9 Å². The van der Waals surface area contributed by atoms with Gasteiger partial charge < -0.3 is 9.52 Å². The molecular weight excluding hydrogens is 273 g/mol. The molecule has 6 nitrogen and oxygen atoms in total. The van der Waals surface area contributed by atoms with Gasteiger partial charge in [0, 0.05) is 0 Å². The first-order chi connectivity index (χ1) is 7.93. The van der Waals surface area contributed by atoms with Crippen LogP contribution >= 0.6 is 23.2 Å². The van der Waals surface area contributed by atoms with Gasteiger partial charge in [0.1, 0.15) is 0 Å². The molecule has 0 spiro atoms. The van der Waals surface area contributed by atoms with E-state index in [1.165, 1.54) is 12.1 Å². The molecule has 8 heteroatoms. The highest BCUT2D eigenvalue weighted by Crippen LogP contribution is 2.38. The zero-order valence-electron chi connectivity index (χ0n) is 7.94. The van der Waals surface area contributed by atoms with Gasteiger partial charge in [-0.3, -0.25) is 10.1 Å². The van der Waals surface area contributed by atoms with Crippen LogP contribution in [0.5, 0.6) is 5.75 Å². The van der Waals surface area contributed by atoms with Crippen LogP contribution in [0.25, 0.3) is 11.0 Å². The fourth-order valence-corrected chi connectivity index (χ4v) is 1.81. The monoisotopic (exact) mass is 275 g/mol. The number of aromatic hydroxyl groups is 1. The summed E-state index contributed by atoms with van der Waals surface area (Å²) in [5, 5.41) is 20.1. The number of halogens is 2. The topological polar surface area (TPSA) is 93.6 Å². The highest BCUT2D eigenvalue weighted by Gasteiger charge is 2.26. The number of fused-ring (bicyclic) bond motifs is 1. The van der Waals surface area contributed by atoms with Crippen molar-refractivity contribution in [3.63, 3.8) is 0 Å². The summed E-state index contributed by atoms with van der Waals surface area (Å²) in [7, 11) is 0. The second-order valence-corrected chi connectivity index (χ2v) is 3.89. The van der Waals surface area contributed by atoms with Crippen molar-refractivity contribution in [1.29, 1.82) is 0 Å². The molecule has 0 saturated heterocycles. The quantitative estimate of drug-likeness (QED) is 0.491. The Morgan fingerprint density at radius 3 is 2.47 bits per heavy atom. The minimum absolute atomic E-state index is 0.00579. The van der Waals surface area contributed by atoms with Crippen molar-refractivity contribution in [2.24, 2.45) is 0 Å². The highest BCUT2D eigenvalue weighted by molar-refractivity contribution is 6.40. The Bertz CT molecular complexity index is 694. The molecule has 0 unspecified atom stereocenters. The maximum absolute atomic E-state index is 11.3. The molecule has 0 saturated carbocycles. The highest BCUT2D eigenvalue weighted by atomic mass is 35.5. The summed E-state index contributed by atoms with van der Waals surface area (Å²) in [6.45, 7) is 0. The first-order valence-corrected chi connectivity index (χ1v) is 4.97. The van der Waals surface area contributed by atoms with E-state index in [9.17, 15) is 20.0 Å². The van der Waals surface area contributed by atoms with Crippen molar-refractivity contribution in [1.82, 2.24) is 0 Å². The smallest absolute Gasteiger partial charge is 0.419 e. The average Bonchev–Trinajstić information content (AvgIpc) is 2.22. The Hall–Kier alpha value is -1.79. The van der Waals surface area contributed by atoms with Crippen LogP contribution in [0.4, 0.5) is 5.69 Å². The van der Waals surface area contributed by atoms with E-state index in [0.717, 1.165) is 0 Å². The van der Waals surface area contributed by atoms with Crippen LogP contribution in [0, 0.1) is 10.1 Å². The lowest BCUT2D eigenvalue weighted by Crippen LogP contribution is -2.07. The first-order valence-electron chi connectivity index (χ1n) is 4.21. The minimum Gasteiger partial charge on any atom is -0.501 e. The Kier molecular flexibility index (Phi) is 2.68. The van der Waals surface area contributed by atoms with Crippen molar-refractivity contribution in [3.05, 3.63) is 42.7 Å². The van der Waals surface area contributed by atoms with Crippen LogP contribution < -0.4 is 5.63 Å². The normalized spacial score (nSPS) is 10.7. The Balaban J connectivity index is 3.08. The number of nitrogens with zero attached hydrogens (tertiary/aromatic N) is 1. The van der Waals surface area contributed by atoms with Crippen LogP contribution in [0.1, 0.15) is 0 Å². The van der Waals surface area contributed by atoms with Crippen molar-refractivity contribution in [3.8, 4) is 5.75 Å². The third kappa shape index (κ3) is 1.71. The van der Waals surface area contributed by atoms with Crippen LogP contribution in [0.3, 0.4) is 0 Å². The van der Waals surface area contributed by atoms with E-state index in [0.29, 0.717) is 0 Å². The maximum Gasteiger partial charge on any atom is 0.419 e. The van der Waals surface area contributed by atoms with Gasteiger partial charge >= 0.3 is 11.3 Å². The second kappa shape index (κ2) is 3.90. The number of rotatable bonds is 1. The second-order valence-electron chi connectivity index (χ2n) is 3.08. The van der Waals surface area contributed by atoms with Crippen LogP contribution in [-0.2, 0) is 0 Å². The molecule has 0 atom stereocenters. The van der Waals surface area contributed by atoms with Crippen LogP contribution in [-0.4, -0.2) is 10.0 Å². The minimum atomic E-state index is -1.29. The van der Waals surface area contributed by atoms with E-state index in [4.69, 9.17) is 23.2 Å². The summed E-state index contributed by atoms with van der Waals surface area (Å²) in [6, 6.07) is 2.68. The van der Waals surface area contributed by atoms with E-state index < -0.39 is 22.0 Å². The molecule has 1 aromatic heterocycles. The third-order valence-electron chi connectivity index (χ3n) is 2.09. The molecule has 0 aliphatic heterocycles. The predicted molar refractivity (Wildman–Crippen MR) is 60.8 cm³/mol. The largest absolute Gasteiger partial charge is 0.501 e. The van der Waals surface area contributed by atoms with Gasteiger partial charge in [0.05, 0.1) is 20.4 Å². The number of hydrogen-bond acceptors (Lipinski definition) is 5. The van der Waals surface area contributed by atoms with Crippen molar-refractivity contribution in [2.45, 2.75) is 0 Å². The van der Waals surface area contributed by atoms with Crippen molar-refractivity contribution in [2.75, 3.05) is 0 Å². The molecule has 88 valence electrons. The first kappa shape index (κ1) is 11.7. The molecular formula is C9H3Cl2NO5. The van der Waals surface area contributed by atoms with E-state index in [1.807, 2.05) is 0 Å². The van der Waals surface area contributed by atoms with Gasteiger partial charge in [-0.2, -0.15) is 0 Å². The van der Waals surface area contributed by atoms with E-state index in [1.54, 1.807) is 0 Å². The zero-order chi connectivity index (χ0) is 12.7. The van der Waals surface area contributed by atoms with E-state index in [2.05, 4.69) is 4.42 Å². The van der Waals surface area contributed by atoms with Crippen molar-refractivity contribution < 1.29 is 14.4 Å². The van der Waals surface area contributed by atoms with Crippen LogP contribution in [0.2, 0.25) is 10.0 Å². The summed E-state index contributed by atoms with van der Waals surface area (Å²) in [5.41, 5.74) is -2.54. The summed E-state index contributed by atoms with van der Waals surface area (Å²) in [5.74, 6) is -0.853. The lowest BCUT2D eigenvalue weighted by molar-refractivity contribution is -0.388. The van der Waals surface area contributed by atoms with Gasteiger partial charge in [-0.05, 0) is 12.1 Å². The molecule has 1 aromatic carbocycles. The van der Waals surface area contributed by atoms with Gasteiger partial charge in [0.2, 0.25) is 5.75 Å². The molecule has 0 bridgehead atoms.